The van der Waals surface area contributed by atoms with Gasteiger partial charge in [0.25, 0.3) is 0 Å². The predicted octanol–water partition coefficient (Wildman–Crippen LogP) is 2.28. The number of aliphatic hydroxyl groups is 1. The molecule has 0 radical (unpaired) electrons. The fourth-order valence-corrected chi connectivity index (χ4v) is 1.99. The van der Waals surface area contributed by atoms with Crippen molar-refractivity contribution >= 4 is 23.5 Å². The zero-order valence-corrected chi connectivity index (χ0v) is 13.5. The van der Waals surface area contributed by atoms with Crippen LogP contribution in [0.1, 0.15) is 13.8 Å². The van der Waals surface area contributed by atoms with Crippen LogP contribution in [0, 0.1) is 5.82 Å². The zero-order chi connectivity index (χ0) is 17.5. The third-order valence-corrected chi connectivity index (χ3v) is 2.96. The Hall–Kier alpha value is -2.74. The first kappa shape index (κ1) is 17.6. The van der Waals surface area contributed by atoms with Gasteiger partial charge in [-0.05, 0) is 38.1 Å². The first-order chi connectivity index (χ1) is 11.5. The molecule has 0 aliphatic heterocycles. The molecule has 0 spiro atoms. The molecule has 0 saturated heterocycles. The molecule has 2 amide bonds. The quantitative estimate of drug-likeness (QED) is 0.754. The van der Waals surface area contributed by atoms with Gasteiger partial charge in [-0.2, -0.15) is 4.98 Å². The van der Waals surface area contributed by atoms with Gasteiger partial charge in [-0.3, -0.25) is 0 Å². The van der Waals surface area contributed by atoms with Crippen LogP contribution in [0.3, 0.4) is 0 Å². The van der Waals surface area contributed by atoms with Gasteiger partial charge >= 0.3 is 6.03 Å². The van der Waals surface area contributed by atoms with Crippen LogP contribution in [0.4, 0.5) is 26.6 Å². The lowest BCUT2D eigenvalue weighted by molar-refractivity contribution is 0.241. The molecule has 0 unspecified atom stereocenters. The number of aromatic nitrogens is 2. The molecular weight excluding hydrogens is 313 g/mol. The van der Waals surface area contributed by atoms with Gasteiger partial charge in [-0.15, -0.1) is 0 Å². The number of benzene rings is 1. The number of carbonyl (C=O) groups excluding carboxylic acids is 1. The number of hydrogen-bond donors (Lipinski definition) is 3. The van der Waals surface area contributed by atoms with Crippen molar-refractivity contribution in [2.45, 2.75) is 19.9 Å². The normalized spacial score (nSPS) is 10.5. The Morgan fingerprint density at radius 1 is 1.29 bits per heavy atom. The molecule has 1 heterocycles. The summed E-state index contributed by atoms with van der Waals surface area (Å²) in [5, 5.41) is 14.5. The number of urea groups is 1. The lowest BCUT2D eigenvalue weighted by Crippen LogP contribution is -2.38. The summed E-state index contributed by atoms with van der Waals surface area (Å²) in [6.07, 6.45) is 1.53. The number of aliphatic hydroxyl groups excluding tert-OH is 1. The first-order valence-electron chi connectivity index (χ1n) is 7.55. The second-order valence-electron chi connectivity index (χ2n) is 5.30. The molecule has 8 heteroatoms. The van der Waals surface area contributed by atoms with E-state index in [1.807, 2.05) is 13.8 Å². The molecule has 0 bridgehead atoms. The Kier molecular flexibility index (Phi) is 6.02. The van der Waals surface area contributed by atoms with Crippen LogP contribution in [0.25, 0.3) is 0 Å². The van der Waals surface area contributed by atoms with Gasteiger partial charge in [0.1, 0.15) is 11.6 Å². The van der Waals surface area contributed by atoms with Crippen LogP contribution < -0.4 is 15.5 Å². The maximum atomic E-state index is 13.2. The van der Waals surface area contributed by atoms with Crippen molar-refractivity contribution in [1.82, 2.24) is 15.3 Å². The lowest BCUT2D eigenvalue weighted by atomic mass is 10.3. The van der Waals surface area contributed by atoms with Crippen molar-refractivity contribution in [2.75, 3.05) is 23.4 Å². The average molecular weight is 333 g/mol. The molecule has 3 N–H and O–H groups in total. The Labute approximate surface area is 139 Å². The van der Waals surface area contributed by atoms with Crippen molar-refractivity contribution in [3.63, 3.8) is 0 Å². The van der Waals surface area contributed by atoms with E-state index in [0.29, 0.717) is 17.5 Å². The van der Waals surface area contributed by atoms with Gasteiger partial charge in [0, 0.05) is 24.8 Å². The van der Waals surface area contributed by atoms with Gasteiger partial charge in [0.05, 0.1) is 12.3 Å². The van der Waals surface area contributed by atoms with Crippen molar-refractivity contribution in [1.29, 1.82) is 0 Å². The highest BCUT2D eigenvalue weighted by Crippen LogP contribution is 2.24. The van der Waals surface area contributed by atoms with E-state index in [2.05, 4.69) is 20.6 Å². The van der Waals surface area contributed by atoms with Gasteiger partial charge < -0.3 is 15.7 Å². The van der Waals surface area contributed by atoms with E-state index in [4.69, 9.17) is 5.11 Å². The molecule has 2 rings (SSSR count). The van der Waals surface area contributed by atoms with Crippen LogP contribution in [0.2, 0.25) is 0 Å². The third-order valence-electron chi connectivity index (χ3n) is 2.96. The van der Waals surface area contributed by atoms with E-state index in [1.165, 1.54) is 35.4 Å². The highest BCUT2D eigenvalue weighted by Gasteiger charge is 2.19. The molecule has 0 aliphatic carbocycles. The monoisotopic (exact) mass is 333 g/mol. The summed E-state index contributed by atoms with van der Waals surface area (Å²) in [4.78, 5) is 22.2. The Morgan fingerprint density at radius 2 is 2.00 bits per heavy atom. The highest BCUT2D eigenvalue weighted by molar-refractivity contribution is 5.98. The van der Waals surface area contributed by atoms with Crippen LogP contribution in [0.5, 0.6) is 0 Å². The minimum absolute atomic E-state index is 0.0959. The summed E-state index contributed by atoms with van der Waals surface area (Å²) in [5.41, 5.74) is 0.445. The number of nitrogens with one attached hydrogen (secondary N) is 2. The molecule has 128 valence electrons. The van der Waals surface area contributed by atoms with E-state index in [0.717, 1.165) is 0 Å². The minimum Gasteiger partial charge on any atom is -0.395 e. The summed E-state index contributed by atoms with van der Waals surface area (Å²) in [6, 6.07) is 6.70. The van der Waals surface area contributed by atoms with Crippen molar-refractivity contribution < 1.29 is 14.3 Å². The number of halogens is 1. The molecular formula is C16H20FN5O2. The molecule has 0 aliphatic rings. The van der Waals surface area contributed by atoms with E-state index in [-0.39, 0.29) is 19.2 Å². The molecule has 1 aromatic carbocycles. The Balaban J connectivity index is 2.38. The summed E-state index contributed by atoms with van der Waals surface area (Å²) >= 11 is 0. The van der Waals surface area contributed by atoms with E-state index in [1.54, 1.807) is 6.07 Å². The van der Waals surface area contributed by atoms with Crippen molar-refractivity contribution in [3.05, 3.63) is 42.3 Å². The van der Waals surface area contributed by atoms with Gasteiger partial charge in [0.15, 0.2) is 0 Å². The first-order valence-corrected chi connectivity index (χ1v) is 7.55. The molecule has 1 aromatic heterocycles. The second kappa shape index (κ2) is 8.21. The topological polar surface area (TPSA) is 90.4 Å². The van der Waals surface area contributed by atoms with Crippen LogP contribution in [-0.2, 0) is 0 Å². The summed E-state index contributed by atoms with van der Waals surface area (Å²) < 4.78 is 13.2. The summed E-state index contributed by atoms with van der Waals surface area (Å²) in [6.45, 7) is 3.80. The van der Waals surface area contributed by atoms with Gasteiger partial charge in [-0.1, -0.05) is 0 Å². The molecule has 0 fully saturated rings. The zero-order valence-electron chi connectivity index (χ0n) is 13.5. The number of rotatable bonds is 6. The standard InChI is InChI=1S/C16H20FN5O2/c1-11(2)20-15-18-8-7-14(21-15)22(16(24)19-9-10-23)13-5-3-12(17)4-6-13/h3-8,11,23H,9-10H2,1-2H3,(H,19,24)(H,18,20,21). The molecule has 7 nitrogen and oxygen atoms in total. The largest absolute Gasteiger partial charge is 0.395 e. The highest BCUT2D eigenvalue weighted by atomic mass is 19.1. The number of amides is 2. The molecule has 24 heavy (non-hydrogen) atoms. The Morgan fingerprint density at radius 3 is 2.62 bits per heavy atom. The number of anilines is 3. The van der Waals surface area contributed by atoms with E-state index in [9.17, 15) is 9.18 Å². The van der Waals surface area contributed by atoms with Crippen LogP contribution in [0.15, 0.2) is 36.5 Å². The smallest absolute Gasteiger partial charge is 0.327 e. The van der Waals surface area contributed by atoms with E-state index >= 15 is 0 Å². The predicted molar refractivity (Wildman–Crippen MR) is 89.8 cm³/mol. The van der Waals surface area contributed by atoms with Crippen LogP contribution >= 0.6 is 0 Å². The third kappa shape index (κ3) is 4.63. The van der Waals surface area contributed by atoms with Gasteiger partial charge in [0.2, 0.25) is 5.95 Å². The van der Waals surface area contributed by atoms with Crippen molar-refractivity contribution in [3.8, 4) is 0 Å². The minimum atomic E-state index is -0.482. The fraction of sp³-hybridized carbons (Fsp3) is 0.312. The molecule has 0 atom stereocenters. The average Bonchev–Trinajstić information content (AvgIpc) is 2.55. The summed E-state index contributed by atoms with van der Waals surface area (Å²) in [7, 11) is 0. The number of nitrogens with zero attached hydrogens (tertiary/aromatic N) is 3. The van der Waals surface area contributed by atoms with Gasteiger partial charge in [-0.25, -0.2) is 19.1 Å². The Bertz CT molecular complexity index is 678. The maximum absolute atomic E-state index is 13.2. The summed E-state index contributed by atoms with van der Waals surface area (Å²) in [5.74, 6) is 0.305. The lowest BCUT2D eigenvalue weighted by Gasteiger charge is -2.22. The maximum Gasteiger partial charge on any atom is 0.327 e. The number of hydrogen-bond acceptors (Lipinski definition) is 5. The molecule has 2 aromatic rings. The van der Waals surface area contributed by atoms with E-state index < -0.39 is 11.8 Å². The SMILES string of the molecule is CC(C)Nc1nccc(N(C(=O)NCCO)c2ccc(F)cc2)n1. The number of carbonyl (C=O) groups is 1. The van der Waals surface area contributed by atoms with Crippen molar-refractivity contribution in [2.24, 2.45) is 0 Å². The van der Waals surface area contributed by atoms with Crippen LogP contribution in [-0.4, -0.2) is 40.3 Å². The fourth-order valence-electron chi connectivity index (χ4n) is 1.99. The molecule has 0 saturated carbocycles. The second-order valence-corrected chi connectivity index (χ2v) is 5.30.